The van der Waals surface area contributed by atoms with Gasteiger partial charge in [0.2, 0.25) is 0 Å². The SMILES string of the molecule is CC(=O)OC(C)=O.[Co+2]. The molecule has 8 heavy (non-hydrogen) atoms. The molecule has 0 bridgehead atoms. The van der Waals surface area contributed by atoms with Crippen LogP contribution < -0.4 is 0 Å². The first-order chi connectivity index (χ1) is 3.13. The van der Waals surface area contributed by atoms with Crippen LogP contribution in [0, 0.1) is 0 Å². The third-order valence-corrected chi connectivity index (χ3v) is 0.287. The summed E-state index contributed by atoms with van der Waals surface area (Å²) in [5, 5.41) is 0. The summed E-state index contributed by atoms with van der Waals surface area (Å²) in [4.78, 5) is 19.6. The van der Waals surface area contributed by atoms with Gasteiger partial charge in [0.05, 0.1) is 0 Å². The standard InChI is InChI=1S/C4H6O3.Co/c1-3(5)7-4(2)6;/h1-2H3;/q;+2. The monoisotopic (exact) mass is 161 g/mol. The average Bonchev–Trinajstić information content (AvgIpc) is 1.27. The summed E-state index contributed by atoms with van der Waals surface area (Å²) in [5.74, 6) is -1.12. The van der Waals surface area contributed by atoms with E-state index in [1.165, 1.54) is 13.8 Å². The van der Waals surface area contributed by atoms with Crippen molar-refractivity contribution in [2.45, 2.75) is 13.8 Å². The maximum atomic E-state index is 9.81. The average molecular weight is 161 g/mol. The molecule has 0 aromatic heterocycles. The summed E-state index contributed by atoms with van der Waals surface area (Å²) in [7, 11) is 0. The molecule has 0 N–H and O–H groups in total. The summed E-state index contributed by atoms with van der Waals surface area (Å²) in [6.07, 6.45) is 0. The molecular weight excluding hydrogens is 155 g/mol. The van der Waals surface area contributed by atoms with Crippen molar-refractivity contribution in [2.75, 3.05) is 0 Å². The molecular formula is C4H6CoO3+2. The predicted octanol–water partition coefficient (Wildman–Crippen LogP) is 0.0935. The fraction of sp³-hybridized carbons (Fsp3) is 0.500. The van der Waals surface area contributed by atoms with E-state index in [2.05, 4.69) is 4.74 Å². The first kappa shape index (κ1) is 10.6. The van der Waals surface area contributed by atoms with Gasteiger partial charge in [0.15, 0.2) is 0 Å². The van der Waals surface area contributed by atoms with Gasteiger partial charge in [-0.05, 0) is 0 Å². The number of hydrogen-bond acceptors (Lipinski definition) is 3. The van der Waals surface area contributed by atoms with Gasteiger partial charge in [0, 0.05) is 13.8 Å². The number of carbonyl (C=O) groups is 2. The number of rotatable bonds is 0. The Balaban J connectivity index is 0. The molecule has 0 spiro atoms. The van der Waals surface area contributed by atoms with Gasteiger partial charge < -0.3 is 4.74 Å². The molecule has 0 fully saturated rings. The quantitative estimate of drug-likeness (QED) is 0.373. The molecule has 0 rings (SSSR count). The van der Waals surface area contributed by atoms with E-state index in [-0.39, 0.29) is 16.8 Å². The second-order valence-electron chi connectivity index (χ2n) is 1.09. The molecule has 0 saturated heterocycles. The van der Waals surface area contributed by atoms with Crippen LogP contribution in [0.25, 0.3) is 0 Å². The van der Waals surface area contributed by atoms with Crippen molar-refractivity contribution in [1.82, 2.24) is 0 Å². The zero-order valence-electron chi connectivity index (χ0n) is 4.56. The molecule has 0 unspecified atom stereocenters. The van der Waals surface area contributed by atoms with E-state index >= 15 is 0 Å². The number of esters is 2. The van der Waals surface area contributed by atoms with Crippen LogP contribution >= 0.6 is 0 Å². The summed E-state index contributed by atoms with van der Waals surface area (Å²) >= 11 is 0. The van der Waals surface area contributed by atoms with Crippen LogP contribution in [0.3, 0.4) is 0 Å². The second-order valence-corrected chi connectivity index (χ2v) is 1.09. The van der Waals surface area contributed by atoms with Gasteiger partial charge in [0.25, 0.3) is 0 Å². The molecule has 0 amide bonds. The minimum absolute atomic E-state index is 0. The minimum atomic E-state index is -0.562. The number of carbonyl (C=O) groups excluding carboxylic acids is 2. The van der Waals surface area contributed by atoms with Crippen molar-refractivity contribution in [3.63, 3.8) is 0 Å². The molecule has 0 aliphatic rings. The molecule has 47 valence electrons. The summed E-state index contributed by atoms with van der Waals surface area (Å²) in [5.41, 5.74) is 0. The smallest absolute Gasteiger partial charge is 0.394 e. The Morgan fingerprint density at radius 1 is 1.12 bits per heavy atom. The number of hydrogen-bond donors (Lipinski definition) is 0. The Bertz CT molecular complexity index is 87.5. The van der Waals surface area contributed by atoms with Crippen molar-refractivity contribution < 1.29 is 31.1 Å². The molecule has 0 aromatic rings. The fourth-order valence-corrected chi connectivity index (χ4v) is 0.202. The fourth-order valence-electron chi connectivity index (χ4n) is 0.202. The van der Waals surface area contributed by atoms with Gasteiger partial charge in [-0.1, -0.05) is 0 Å². The van der Waals surface area contributed by atoms with Crippen LogP contribution in [0.5, 0.6) is 0 Å². The Morgan fingerprint density at radius 3 is 1.38 bits per heavy atom. The first-order valence-corrected chi connectivity index (χ1v) is 1.82. The van der Waals surface area contributed by atoms with Crippen LogP contribution in [-0.2, 0) is 31.1 Å². The second kappa shape index (κ2) is 4.80. The Kier molecular flexibility index (Phi) is 6.35. The third-order valence-electron chi connectivity index (χ3n) is 0.287. The first-order valence-electron chi connectivity index (χ1n) is 1.82. The summed E-state index contributed by atoms with van der Waals surface area (Å²) in [6, 6.07) is 0. The van der Waals surface area contributed by atoms with Crippen LogP contribution in [0.2, 0.25) is 0 Å². The van der Waals surface area contributed by atoms with Crippen LogP contribution in [0.1, 0.15) is 13.8 Å². The number of ether oxygens (including phenoxy) is 1. The van der Waals surface area contributed by atoms with Gasteiger partial charge in [-0.25, -0.2) is 0 Å². The van der Waals surface area contributed by atoms with Crippen molar-refractivity contribution in [1.29, 1.82) is 0 Å². The third kappa shape index (κ3) is 9.17. The van der Waals surface area contributed by atoms with E-state index in [1.807, 2.05) is 0 Å². The van der Waals surface area contributed by atoms with Gasteiger partial charge in [0.1, 0.15) is 0 Å². The molecule has 3 nitrogen and oxygen atoms in total. The van der Waals surface area contributed by atoms with Gasteiger partial charge in [-0.3, -0.25) is 9.59 Å². The summed E-state index contributed by atoms with van der Waals surface area (Å²) in [6.45, 7) is 2.36. The maximum Gasteiger partial charge on any atom is 2.00 e. The van der Waals surface area contributed by atoms with E-state index < -0.39 is 11.9 Å². The maximum absolute atomic E-state index is 9.81. The van der Waals surface area contributed by atoms with E-state index in [4.69, 9.17) is 0 Å². The molecule has 0 aliphatic carbocycles. The molecule has 0 heterocycles. The van der Waals surface area contributed by atoms with Gasteiger partial charge in [-0.15, -0.1) is 0 Å². The molecule has 4 heteroatoms. The van der Waals surface area contributed by atoms with E-state index in [0.29, 0.717) is 0 Å². The van der Waals surface area contributed by atoms with Crippen LogP contribution in [0.15, 0.2) is 0 Å². The van der Waals surface area contributed by atoms with Crippen molar-refractivity contribution >= 4 is 11.9 Å². The van der Waals surface area contributed by atoms with Crippen molar-refractivity contribution in [3.05, 3.63) is 0 Å². The van der Waals surface area contributed by atoms with E-state index in [0.717, 1.165) is 0 Å². The Labute approximate surface area is 57.6 Å². The van der Waals surface area contributed by atoms with Crippen LogP contribution in [0.4, 0.5) is 0 Å². The molecule has 0 aliphatic heterocycles. The van der Waals surface area contributed by atoms with Gasteiger partial charge >= 0.3 is 28.7 Å². The van der Waals surface area contributed by atoms with Crippen molar-refractivity contribution in [3.8, 4) is 0 Å². The zero-order valence-corrected chi connectivity index (χ0v) is 5.60. The Hall–Kier alpha value is -0.354. The van der Waals surface area contributed by atoms with E-state index in [1.54, 1.807) is 0 Å². The minimum Gasteiger partial charge on any atom is -0.394 e. The largest absolute Gasteiger partial charge is 2.00 e. The summed E-state index contributed by atoms with van der Waals surface area (Å²) < 4.78 is 3.97. The van der Waals surface area contributed by atoms with Gasteiger partial charge in [-0.2, -0.15) is 0 Å². The molecule has 0 saturated carbocycles. The zero-order chi connectivity index (χ0) is 5.86. The Morgan fingerprint density at radius 2 is 1.38 bits per heavy atom. The topological polar surface area (TPSA) is 43.4 Å². The normalized spacial score (nSPS) is 6.75. The molecule has 0 atom stereocenters. The molecule has 0 aromatic carbocycles. The van der Waals surface area contributed by atoms with Crippen LogP contribution in [-0.4, -0.2) is 11.9 Å². The molecule has 1 radical (unpaired) electrons. The predicted molar refractivity (Wildman–Crippen MR) is 22.4 cm³/mol. The van der Waals surface area contributed by atoms with Crippen molar-refractivity contribution in [2.24, 2.45) is 0 Å². The van der Waals surface area contributed by atoms with E-state index in [9.17, 15) is 9.59 Å².